The van der Waals surface area contributed by atoms with Crippen LogP contribution in [0.15, 0.2) is 18.2 Å². The van der Waals surface area contributed by atoms with Gasteiger partial charge in [-0.3, -0.25) is 4.79 Å². The van der Waals surface area contributed by atoms with E-state index in [4.69, 9.17) is 4.74 Å². The van der Waals surface area contributed by atoms with Crippen LogP contribution in [-0.4, -0.2) is 41.7 Å². The summed E-state index contributed by atoms with van der Waals surface area (Å²) in [4.78, 5) is 13.6. The van der Waals surface area contributed by atoms with Crippen molar-refractivity contribution in [3.05, 3.63) is 29.6 Å². The van der Waals surface area contributed by atoms with Crippen LogP contribution in [0.5, 0.6) is 5.75 Å². The molecule has 0 aromatic heterocycles. The van der Waals surface area contributed by atoms with Gasteiger partial charge in [0.15, 0.2) is 0 Å². The number of ether oxygens (including phenoxy) is 1. The minimum Gasteiger partial charge on any atom is -0.507 e. The molecule has 18 heavy (non-hydrogen) atoms. The highest BCUT2D eigenvalue weighted by molar-refractivity contribution is 5.97. The molecule has 0 spiro atoms. The van der Waals surface area contributed by atoms with Crippen LogP contribution in [0, 0.1) is 5.82 Å². The van der Waals surface area contributed by atoms with Crippen LogP contribution in [-0.2, 0) is 4.74 Å². The van der Waals surface area contributed by atoms with E-state index in [1.165, 1.54) is 17.0 Å². The lowest BCUT2D eigenvalue weighted by Crippen LogP contribution is -2.41. The highest BCUT2D eigenvalue weighted by atomic mass is 19.1. The SMILES string of the molecule is CC1OCCC1N(C)C(=O)c1c(O)cccc1F. The summed E-state index contributed by atoms with van der Waals surface area (Å²) in [5.74, 6) is -1.57. The van der Waals surface area contributed by atoms with Crippen LogP contribution in [0.1, 0.15) is 23.7 Å². The van der Waals surface area contributed by atoms with E-state index in [1.807, 2.05) is 6.92 Å². The van der Waals surface area contributed by atoms with Gasteiger partial charge in [0.1, 0.15) is 17.1 Å². The van der Waals surface area contributed by atoms with Gasteiger partial charge in [0.25, 0.3) is 5.91 Å². The van der Waals surface area contributed by atoms with E-state index in [-0.39, 0.29) is 23.5 Å². The zero-order chi connectivity index (χ0) is 13.3. The number of aromatic hydroxyl groups is 1. The van der Waals surface area contributed by atoms with E-state index in [2.05, 4.69) is 0 Å². The fourth-order valence-corrected chi connectivity index (χ4v) is 2.28. The van der Waals surface area contributed by atoms with Crippen molar-refractivity contribution in [1.29, 1.82) is 0 Å². The number of hydrogen-bond donors (Lipinski definition) is 1. The fourth-order valence-electron chi connectivity index (χ4n) is 2.28. The first-order valence-electron chi connectivity index (χ1n) is 5.88. The maximum Gasteiger partial charge on any atom is 0.260 e. The third kappa shape index (κ3) is 2.18. The Kier molecular flexibility index (Phi) is 3.52. The van der Waals surface area contributed by atoms with E-state index < -0.39 is 11.7 Å². The Morgan fingerprint density at radius 2 is 2.28 bits per heavy atom. The number of halogens is 1. The number of phenols is 1. The second kappa shape index (κ2) is 4.94. The molecule has 0 radical (unpaired) electrons. The summed E-state index contributed by atoms with van der Waals surface area (Å²) in [6, 6.07) is 3.74. The summed E-state index contributed by atoms with van der Waals surface area (Å²) >= 11 is 0. The second-order valence-electron chi connectivity index (χ2n) is 4.48. The highest BCUT2D eigenvalue weighted by Gasteiger charge is 2.32. The molecule has 0 saturated carbocycles. The average Bonchev–Trinajstić information content (AvgIpc) is 2.74. The number of rotatable bonds is 2. The molecule has 2 rings (SSSR count). The largest absolute Gasteiger partial charge is 0.507 e. The first kappa shape index (κ1) is 12.8. The van der Waals surface area contributed by atoms with Gasteiger partial charge in [-0.05, 0) is 25.5 Å². The maximum absolute atomic E-state index is 13.6. The van der Waals surface area contributed by atoms with Crippen molar-refractivity contribution in [3.8, 4) is 5.75 Å². The van der Waals surface area contributed by atoms with Crippen molar-refractivity contribution >= 4 is 5.91 Å². The standard InChI is InChI=1S/C13H16FNO3/c1-8-10(6-7-18-8)15(2)13(17)12-9(14)4-3-5-11(12)16/h3-5,8,10,16H,6-7H2,1-2H3. The fraction of sp³-hybridized carbons (Fsp3) is 0.462. The Morgan fingerprint density at radius 3 is 2.83 bits per heavy atom. The monoisotopic (exact) mass is 253 g/mol. The minimum absolute atomic E-state index is 0.0760. The van der Waals surface area contributed by atoms with Gasteiger partial charge in [0.05, 0.1) is 12.1 Å². The van der Waals surface area contributed by atoms with Crippen molar-refractivity contribution in [2.24, 2.45) is 0 Å². The average molecular weight is 253 g/mol. The van der Waals surface area contributed by atoms with Crippen molar-refractivity contribution in [3.63, 3.8) is 0 Å². The van der Waals surface area contributed by atoms with E-state index in [1.54, 1.807) is 7.05 Å². The maximum atomic E-state index is 13.6. The third-order valence-electron chi connectivity index (χ3n) is 3.36. The van der Waals surface area contributed by atoms with Crippen molar-refractivity contribution < 1.29 is 19.0 Å². The molecule has 5 heteroatoms. The first-order valence-corrected chi connectivity index (χ1v) is 5.88. The zero-order valence-corrected chi connectivity index (χ0v) is 10.4. The molecule has 1 amide bonds. The second-order valence-corrected chi connectivity index (χ2v) is 4.48. The molecule has 1 heterocycles. The van der Waals surface area contributed by atoms with Gasteiger partial charge >= 0.3 is 0 Å². The van der Waals surface area contributed by atoms with Crippen LogP contribution < -0.4 is 0 Å². The molecule has 1 aliphatic rings. The van der Waals surface area contributed by atoms with Crippen LogP contribution in [0.3, 0.4) is 0 Å². The number of nitrogens with zero attached hydrogens (tertiary/aromatic N) is 1. The molecule has 1 saturated heterocycles. The van der Waals surface area contributed by atoms with E-state index >= 15 is 0 Å². The summed E-state index contributed by atoms with van der Waals surface area (Å²) in [6.45, 7) is 2.47. The molecule has 1 N–H and O–H groups in total. The van der Waals surface area contributed by atoms with Gasteiger partial charge in [0.2, 0.25) is 0 Å². The predicted octanol–water partition coefficient (Wildman–Crippen LogP) is 1.78. The number of carbonyl (C=O) groups is 1. The Labute approximate surface area is 105 Å². The summed E-state index contributed by atoms with van der Waals surface area (Å²) in [5.41, 5.74) is -0.279. The first-order chi connectivity index (χ1) is 8.52. The number of phenolic OH excluding ortho intramolecular Hbond substituents is 1. The lowest BCUT2D eigenvalue weighted by atomic mass is 10.1. The number of carbonyl (C=O) groups excluding carboxylic acids is 1. The number of likely N-dealkylation sites (N-methyl/N-ethyl adjacent to an activating group) is 1. The van der Waals surface area contributed by atoms with Crippen LogP contribution in [0.25, 0.3) is 0 Å². The molecule has 98 valence electrons. The van der Waals surface area contributed by atoms with Gasteiger partial charge in [-0.25, -0.2) is 4.39 Å². The predicted molar refractivity (Wildman–Crippen MR) is 64.0 cm³/mol. The number of hydrogen-bond acceptors (Lipinski definition) is 3. The van der Waals surface area contributed by atoms with Crippen LogP contribution >= 0.6 is 0 Å². The van der Waals surface area contributed by atoms with Gasteiger partial charge in [-0.2, -0.15) is 0 Å². The smallest absolute Gasteiger partial charge is 0.260 e. The molecule has 4 nitrogen and oxygen atoms in total. The molecule has 2 unspecified atom stereocenters. The Morgan fingerprint density at radius 1 is 1.56 bits per heavy atom. The molecular weight excluding hydrogens is 237 g/mol. The Bertz CT molecular complexity index is 443. The van der Waals surface area contributed by atoms with Crippen LogP contribution in [0.2, 0.25) is 0 Å². The number of benzene rings is 1. The summed E-state index contributed by atoms with van der Waals surface area (Å²) in [7, 11) is 1.60. The molecular formula is C13H16FNO3. The molecule has 1 aromatic carbocycles. The van der Waals surface area contributed by atoms with Crippen molar-refractivity contribution in [2.45, 2.75) is 25.5 Å². The Hall–Kier alpha value is -1.62. The minimum atomic E-state index is -0.710. The van der Waals surface area contributed by atoms with E-state index in [0.717, 1.165) is 12.5 Å². The van der Waals surface area contributed by atoms with Crippen molar-refractivity contribution in [2.75, 3.05) is 13.7 Å². The van der Waals surface area contributed by atoms with Gasteiger partial charge in [-0.1, -0.05) is 6.07 Å². The van der Waals surface area contributed by atoms with Gasteiger partial charge < -0.3 is 14.7 Å². The lowest BCUT2D eigenvalue weighted by Gasteiger charge is -2.27. The lowest BCUT2D eigenvalue weighted by molar-refractivity contribution is 0.0568. The van der Waals surface area contributed by atoms with E-state index in [0.29, 0.717) is 6.61 Å². The molecule has 1 aliphatic heterocycles. The van der Waals surface area contributed by atoms with E-state index in [9.17, 15) is 14.3 Å². The highest BCUT2D eigenvalue weighted by Crippen LogP contribution is 2.25. The number of amides is 1. The summed E-state index contributed by atoms with van der Waals surface area (Å²) in [5, 5.41) is 9.60. The molecule has 1 fully saturated rings. The topological polar surface area (TPSA) is 49.8 Å². The molecule has 2 atom stereocenters. The van der Waals surface area contributed by atoms with Gasteiger partial charge in [0, 0.05) is 13.7 Å². The molecule has 1 aromatic rings. The van der Waals surface area contributed by atoms with Crippen LogP contribution in [0.4, 0.5) is 4.39 Å². The summed E-state index contributed by atoms with van der Waals surface area (Å²) in [6.07, 6.45) is 0.645. The molecule has 0 bridgehead atoms. The quantitative estimate of drug-likeness (QED) is 0.874. The van der Waals surface area contributed by atoms with Gasteiger partial charge in [-0.15, -0.1) is 0 Å². The summed E-state index contributed by atoms with van der Waals surface area (Å²) < 4.78 is 19.0. The zero-order valence-electron chi connectivity index (χ0n) is 10.4. The van der Waals surface area contributed by atoms with Crippen molar-refractivity contribution in [1.82, 2.24) is 4.90 Å². The Balaban J connectivity index is 2.26. The third-order valence-corrected chi connectivity index (χ3v) is 3.36. The normalized spacial score (nSPS) is 23.1. The molecule has 0 aliphatic carbocycles.